The Morgan fingerprint density at radius 2 is 2.00 bits per heavy atom. The zero-order chi connectivity index (χ0) is 19.5. The van der Waals surface area contributed by atoms with Gasteiger partial charge >= 0.3 is 0 Å². The predicted octanol–water partition coefficient (Wildman–Crippen LogP) is 3.69. The molecule has 152 valence electrons. The van der Waals surface area contributed by atoms with Crippen molar-refractivity contribution in [2.75, 3.05) is 40.0 Å². The number of nitrogens with zero attached hydrogens (tertiary/aromatic N) is 1. The molecular formula is C22H37N3O2. The van der Waals surface area contributed by atoms with Crippen molar-refractivity contribution in [3.05, 3.63) is 35.4 Å². The molecule has 0 bridgehead atoms. The molecule has 1 heterocycles. The molecule has 1 aliphatic heterocycles. The minimum absolute atomic E-state index is 0.157. The van der Waals surface area contributed by atoms with E-state index in [-0.39, 0.29) is 6.10 Å². The lowest BCUT2D eigenvalue weighted by molar-refractivity contribution is -0.0265. The highest BCUT2D eigenvalue weighted by Gasteiger charge is 2.27. The lowest BCUT2D eigenvalue weighted by Gasteiger charge is -2.32. The Hall–Kier alpha value is -1.59. The van der Waals surface area contributed by atoms with Crippen LogP contribution in [-0.4, -0.2) is 45.9 Å². The zero-order valence-corrected chi connectivity index (χ0v) is 17.5. The second-order valence-corrected chi connectivity index (χ2v) is 7.78. The highest BCUT2D eigenvalue weighted by molar-refractivity contribution is 5.79. The van der Waals surface area contributed by atoms with E-state index in [0.717, 1.165) is 45.1 Å². The topological polar surface area (TPSA) is 54.9 Å². The first-order chi connectivity index (χ1) is 13.1. The predicted molar refractivity (Wildman–Crippen MR) is 112 cm³/mol. The summed E-state index contributed by atoms with van der Waals surface area (Å²) < 4.78 is 11.8. The van der Waals surface area contributed by atoms with Gasteiger partial charge in [0, 0.05) is 39.3 Å². The molecule has 1 aliphatic rings. The second kappa shape index (κ2) is 12.0. The molecule has 2 rings (SSSR count). The van der Waals surface area contributed by atoms with E-state index in [1.807, 2.05) is 7.05 Å². The monoisotopic (exact) mass is 375 g/mol. The van der Waals surface area contributed by atoms with E-state index in [1.165, 1.54) is 17.5 Å². The Balaban J connectivity index is 1.75. The molecule has 0 spiro atoms. The highest BCUT2D eigenvalue weighted by atomic mass is 16.5. The van der Waals surface area contributed by atoms with Gasteiger partial charge in [-0.15, -0.1) is 0 Å². The van der Waals surface area contributed by atoms with Crippen LogP contribution in [0.3, 0.4) is 0 Å². The van der Waals surface area contributed by atoms with Crippen LogP contribution < -0.4 is 10.6 Å². The molecule has 2 atom stereocenters. The molecule has 1 aromatic rings. The van der Waals surface area contributed by atoms with Crippen LogP contribution in [0.25, 0.3) is 0 Å². The zero-order valence-electron chi connectivity index (χ0n) is 17.5. The van der Waals surface area contributed by atoms with Crippen LogP contribution in [0.15, 0.2) is 29.3 Å². The molecule has 0 aliphatic carbocycles. The van der Waals surface area contributed by atoms with E-state index in [1.54, 1.807) is 0 Å². The molecule has 2 N–H and O–H groups in total. The van der Waals surface area contributed by atoms with Gasteiger partial charge in [-0.1, -0.05) is 43.7 Å². The molecule has 5 nitrogen and oxygen atoms in total. The number of hydrogen-bond donors (Lipinski definition) is 2. The molecule has 0 radical (unpaired) electrons. The van der Waals surface area contributed by atoms with E-state index < -0.39 is 0 Å². The molecule has 2 unspecified atom stereocenters. The third-order valence-electron chi connectivity index (χ3n) is 4.98. The number of rotatable bonds is 9. The van der Waals surface area contributed by atoms with Crippen molar-refractivity contribution in [2.45, 2.75) is 46.1 Å². The maximum atomic E-state index is 6.11. The van der Waals surface area contributed by atoms with Crippen molar-refractivity contribution in [2.24, 2.45) is 16.8 Å². The minimum Gasteiger partial charge on any atom is -0.380 e. The number of ether oxygens (including phenoxy) is 2. The SMILES string of the molecule is CN=C(NCCOCCC(C)C)NCC1CCCOC1c1ccc(C)cc1. The van der Waals surface area contributed by atoms with Gasteiger partial charge in [-0.25, -0.2) is 0 Å². The molecule has 5 heteroatoms. The number of aryl methyl sites for hydroxylation is 1. The average molecular weight is 376 g/mol. The lowest BCUT2D eigenvalue weighted by Crippen LogP contribution is -2.43. The van der Waals surface area contributed by atoms with Gasteiger partial charge < -0.3 is 20.1 Å². The van der Waals surface area contributed by atoms with Gasteiger partial charge in [0.1, 0.15) is 0 Å². The molecule has 0 amide bonds. The van der Waals surface area contributed by atoms with Crippen molar-refractivity contribution >= 4 is 5.96 Å². The van der Waals surface area contributed by atoms with Gasteiger partial charge in [-0.3, -0.25) is 4.99 Å². The largest absolute Gasteiger partial charge is 0.380 e. The fraction of sp³-hybridized carbons (Fsp3) is 0.682. The molecular weight excluding hydrogens is 338 g/mol. The average Bonchev–Trinajstić information content (AvgIpc) is 2.67. The maximum Gasteiger partial charge on any atom is 0.191 e. The minimum atomic E-state index is 0.157. The first-order valence-electron chi connectivity index (χ1n) is 10.3. The summed E-state index contributed by atoms with van der Waals surface area (Å²) in [7, 11) is 1.81. The fourth-order valence-corrected chi connectivity index (χ4v) is 3.29. The van der Waals surface area contributed by atoms with Crippen LogP contribution in [0.4, 0.5) is 0 Å². The van der Waals surface area contributed by atoms with Gasteiger partial charge in [0.05, 0.1) is 12.7 Å². The van der Waals surface area contributed by atoms with Crippen LogP contribution in [0.2, 0.25) is 0 Å². The summed E-state index contributed by atoms with van der Waals surface area (Å²) in [5.74, 6) is 1.96. The Labute approximate surface area is 164 Å². The smallest absolute Gasteiger partial charge is 0.191 e. The van der Waals surface area contributed by atoms with Gasteiger partial charge in [0.2, 0.25) is 0 Å². The number of benzene rings is 1. The fourth-order valence-electron chi connectivity index (χ4n) is 3.29. The van der Waals surface area contributed by atoms with E-state index in [2.05, 4.69) is 60.7 Å². The van der Waals surface area contributed by atoms with E-state index in [9.17, 15) is 0 Å². The maximum absolute atomic E-state index is 6.11. The van der Waals surface area contributed by atoms with Gasteiger partial charge in [-0.2, -0.15) is 0 Å². The van der Waals surface area contributed by atoms with Gasteiger partial charge in [0.15, 0.2) is 5.96 Å². The van der Waals surface area contributed by atoms with Crippen molar-refractivity contribution < 1.29 is 9.47 Å². The van der Waals surface area contributed by atoms with E-state index in [4.69, 9.17) is 9.47 Å². The summed E-state index contributed by atoms with van der Waals surface area (Å²) in [4.78, 5) is 4.33. The number of aliphatic imine (C=N–C) groups is 1. The summed E-state index contributed by atoms with van der Waals surface area (Å²) in [6.45, 7) is 10.5. The first kappa shape index (κ1) is 21.7. The van der Waals surface area contributed by atoms with Crippen LogP contribution >= 0.6 is 0 Å². The molecule has 27 heavy (non-hydrogen) atoms. The Morgan fingerprint density at radius 3 is 2.70 bits per heavy atom. The number of nitrogens with one attached hydrogen (secondary N) is 2. The molecule has 0 aromatic heterocycles. The van der Waals surface area contributed by atoms with E-state index >= 15 is 0 Å². The van der Waals surface area contributed by atoms with Crippen LogP contribution in [-0.2, 0) is 9.47 Å². The Kier molecular flexibility index (Phi) is 9.64. The number of hydrogen-bond acceptors (Lipinski definition) is 3. The first-order valence-corrected chi connectivity index (χ1v) is 10.3. The molecule has 0 saturated carbocycles. The summed E-state index contributed by atoms with van der Waals surface area (Å²) in [6, 6.07) is 8.72. The van der Waals surface area contributed by atoms with Crippen LogP contribution in [0.1, 0.15) is 50.3 Å². The molecule has 1 aromatic carbocycles. The molecule has 1 fully saturated rings. The quantitative estimate of drug-likeness (QED) is 0.393. The Morgan fingerprint density at radius 1 is 1.22 bits per heavy atom. The van der Waals surface area contributed by atoms with Gasteiger partial charge in [0.25, 0.3) is 0 Å². The summed E-state index contributed by atoms with van der Waals surface area (Å²) in [5, 5.41) is 6.79. The number of guanidine groups is 1. The summed E-state index contributed by atoms with van der Waals surface area (Å²) in [6.07, 6.45) is 3.55. The van der Waals surface area contributed by atoms with Crippen molar-refractivity contribution in [1.29, 1.82) is 0 Å². The van der Waals surface area contributed by atoms with Gasteiger partial charge in [-0.05, 0) is 37.7 Å². The normalized spacial score (nSPS) is 20.7. The standard InChI is InChI=1S/C22H37N3O2/c1-17(2)11-14-26-15-12-24-22(23-4)25-16-20-6-5-13-27-21(20)19-9-7-18(3)8-10-19/h7-10,17,20-21H,5-6,11-16H2,1-4H3,(H2,23,24,25). The van der Waals surface area contributed by atoms with Crippen molar-refractivity contribution in [3.63, 3.8) is 0 Å². The van der Waals surface area contributed by atoms with E-state index in [0.29, 0.717) is 18.4 Å². The van der Waals surface area contributed by atoms with Crippen molar-refractivity contribution in [1.82, 2.24) is 10.6 Å². The summed E-state index contributed by atoms with van der Waals surface area (Å²) in [5.41, 5.74) is 2.55. The second-order valence-electron chi connectivity index (χ2n) is 7.78. The third-order valence-corrected chi connectivity index (χ3v) is 4.98. The van der Waals surface area contributed by atoms with Crippen molar-refractivity contribution in [3.8, 4) is 0 Å². The Bertz CT molecular complexity index is 557. The molecule has 1 saturated heterocycles. The highest BCUT2D eigenvalue weighted by Crippen LogP contribution is 2.33. The summed E-state index contributed by atoms with van der Waals surface area (Å²) >= 11 is 0. The third kappa shape index (κ3) is 7.89. The van der Waals surface area contributed by atoms with Crippen LogP contribution in [0.5, 0.6) is 0 Å². The van der Waals surface area contributed by atoms with Crippen LogP contribution in [0, 0.1) is 18.8 Å². The lowest BCUT2D eigenvalue weighted by atomic mass is 9.89.